The first-order chi connectivity index (χ1) is 15.3. The van der Waals surface area contributed by atoms with Crippen molar-refractivity contribution < 1.29 is 14.7 Å². The maximum absolute atomic E-state index is 12.6. The topological polar surface area (TPSA) is 140 Å². The van der Waals surface area contributed by atoms with Crippen LogP contribution in [0.3, 0.4) is 0 Å². The summed E-state index contributed by atoms with van der Waals surface area (Å²) in [5.41, 5.74) is 1.76. The van der Waals surface area contributed by atoms with Crippen LogP contribution in [0.5, 0.6) is 0 Å². The predicted octanol–water partition coefficient (Wildman–Crippen LogP) is 2.80. The number of aryl methyl sites for hydroxylation is 2. The zero-order valence-corrected chi connectivity index (χ0v) is 18.9. The Morgan fingerprint density at radius 1 is 1.41 bits per heavy atom. The third kappa shape index (κ3) is 4.06. The van der Waals surface area contributed by atoms with Gasteiger partial charge in [0.05, 0.1) is 5.02 Å². The number of halogens is 1. The quantitative estimate of drug-likeness (QED) is 0.517. The van der Waals surface area contributed by atoms with Crippen molar-refractivity contribution in [3.63, 3.8) is 0 Å². The van der Waals surface area contributed by atoms with Crippen LogP contribution in [0, 0.1) is 18.3 Å². The molecule has 0 bridgehead atoms. The van der Waals surface area contributed by atoms with Gasteiger partial charge in [-0.1, -0.05) is 22.9 Å². The summed E-state index contributed by atoms with van der Waals surface area (Å²) in [5.74, 6) is -1.40. The van der Waals surface area contributed by atoms with Gasteiger partial charge in [-0.05, 0) is 25.8 Å². The van der Waals surface area contributed by atoms with Gasteiger partial charge in [0.25, 0.3) is 5.91 Å². The third-order valence-corrected chi connectivity index (χ3v) is 6.89. The highest BCUT2D eigenvalue weighted by molar-refractivity contribution is 7.17. The van der Waals surface area contributed by atoms with Crippen molar-refractivity contribution in [2.24, 2.45) is 7.05 Å². The molecule has 0 unspecified atom stereocenters. The van der Waals surface area contributed by atoms with Gasteiger partial charge < -0.3 is 20.3 Å². The number of nitrogens with zero attached hydrogens (tertiary/aromatic N) is 5. The van der Waals surface area contributed by atoms with Crippen LogP contribution in [-0.4, -0.2) is 55.9 Å². The zero-order valence-electron chi connectivity index (χ0n) is 17.3. The number of aromatic nitrogens is 4. The monoisotopic (exact) mass is 473 g/mol. The molecule has 0 spiro atoms. The van der Waals surface area contributed by atoms with Crippen molar-refractivity contribution in [3.8, 4) is 17.5 Å². The SMILES string of the molecule is Cc1[nH]c(C(=O)NC2CCN(c3nc(-c4ccn(C)n4)c(C(=O)O)s3)CC2)c(C#N)c1Cl. The van der Waals surface area contributed by atoms with Crippen molar-refractivity contribution in [1.82, 2.24) is 25.1 Å². The summed E-state index contributed by atoms with van der Waals surface area (Å²) in [6, 6.07) is 3.62. The maximum atomic E-state index is 12.6. The van der Waals surface area contributed by atoms with E-state index in [9.17, 15) is 20.0 Å². The average Bonchev–Trinajstić information content (AvgIpc) is 3.46. The van der Waals surface area contributed by atoms with E-state index in [0.717, 1.165) is 11.3 Å². The second-order valence-corrected chi connectivity index (χ2v) is 8.87. The number of carbonyl (C=O) groups excluding carboxylic acids is 1. The molecule has 3 N–H and O–H groups in total. The lowest BCUT2D eigenvalue weighted by atomic mass is 10.1. The number of carbonyl (C=O) groups is 2. The van der Waals surface area contributed by atoms with Gasteiger partial charge in [-0.2, -0.15) is 10.4 Å². The van der Waals surface area contributed by atoms with Gasteiger partial charge in [0.1, 0.15) is 33.6 Å². The molecule has 0 aliphatic carbocycles. The van der Waals surface area contributed by atoms with Gasteiger partial charge in [0.2, 0.25) is 0 Å². The molecule has 166 valence electrons. The van der Waals surface area contributed by atoms with Crippen molar-refractivity contribution in [3.05, 3.63) is 39.1 Å². The van der Waals surface area contributed by atoms with E-state index in [0.29, 0.717) is 48.1 Å². The number of aromatic carboxylic acids is 1. The van der Waals surface area contributed by atoms with E-state index in [1.165, 1.54) is 0 Å². The van der Waals surface area contributed by atoms with Gasteiger partial charge in [-0.15, -0.1) is 0 Å². The summed E-state index contributed by atoms with van der Waals surface area (Å²) in [6.07, 6.45) is 3.05. The summed E-state index contributed by atoms with van der Waals surface area (Å²) in [5, 5.41) is 27.0. The van der Waals surface area contributed by atoms with Crippen LogP contribution in [0.4, 0.5) is 5.13 Å². The lowest BCUT2D eigenvalue weighted by molar-refractivity contribution is 0.0702. The molecule has 4 heterocycles. The van der Waals surface area contributed by atoms with E-state index in [4.69, 9.17) is 11.6 Å². The number of thiazole rings is 1. The van der Waals surface area contributed by atoms with Crippen LogP contribution >= 0.6 is 22.9 Å². The lowest BCUT2D eigenvalue weighted by Crippen LogP contribution is -2.45. The van der Waals surface area contributed by atoms with E-state index in [1.54, 1.807) is 30.9 Å². The normalized spacial score (nSPS) is 14.4. The number of H-pyrrole nitrogens is 1. The van der Waals surface area contributed by atoms with Crippen molar-refractivity contribution in [2.45, 2.75) is 25.8 Å². The van der Waals surface area contributed by atoms with Crippen LogP contribution in [0.1, 0.15) is 44.3 Å². The Hall–Kier alpha value is -3.36. The number of carboxylic acids is 1. The maximum Gasteiger partial charge on any atom is 0.348 e. The van der Waals surface area contributed by atoms with E-state index in [1.807, 2.05) is 11.0 Å². The Balaban J connectivity index is 1.44. The van der Waals surface area contributed by atoms with Crippen LogP contribution < -0.4 is 10.2 Å². The molecule has 12 heteroatoms. The number of hydrogen-bond donors (Lipinski definition) is 3. The van der Waals surface area contributed by atoms with Crippen LogP contribution in [0.2, 0.25) is 5.02 Å². The molecule has 0 saturated carbocycles. The molecule has 0 radical (unpaired) electrons. The minimum atomic E-state index is -1.04. The highest BCUT2D eigenvalue weighted by Gasteiger charge is 2.28. The second kappa shape index (κ2) is 8.64. The Kier molecular flexibility index (Phi) is 5.90. The molecule has 3 aromatic rings. The molecule has 1 aliphatic heterocycles. The number of anilines is 1. The minimum Gasteiger partial charge on any atom is -0.477 e. The van der Waals surface area contributed by atoms with Crippen molar-refractivity contribution in [2.75, 3.05) is 18.0 Å². The number of carboxylic acid groups (broad SMARTS) is 1. The van der Waals surface area contributed by atoms with E-state index >= 15 is 0 Å². The van der Waals surface area contributed by atoms with Gasteiger partial charge in [-0.3, -0.25) is 9.48 Å². The Bertz CT molecular complexity index is 1230. The lowest BCUT2D eigenvalue weighted by Gasteiger charge is -2.32. The molecule has 4 rings (SSSR count). The van der Waals surface area contributed by atoms with Crippen molar-refractivity contribution in [1.29, 1.82) is 5.26 Å². The molecule has 10 nitrogen and oxygen atoms in total. The molecule has 1 saturated heterocycles. The Morgan fingerprint density at radius 3 is 2.72 bits per heavy atom. The van der Waals surface area contributed by atoms with E-state index < -0.39 is 5.97 Å². The molecule has 1 aliphatic rings. The first-order valence-corrected chi connectivity index (χ1v) is 11.1. The predicted molar refractivity (Wildman–Crippen MR) is 119 cm³/mol. The Morgan fingerprint density at radius 2 is 2.12 bits per heavy atom. The first-order valence-electron chi connectivity index (χ1n) is 9.86. The molecular weight excluding hydrogens is 454 g/mol. The van der Waals surface area contributed by atoms with Gasteiger partial charge in [-0.25, -0.2) is 9.78 Å². The summed E-state index contributed by atoms with van der Waals surface area (Å²) < 4.78 is 1.60. The number of nitriles is 1. The molecule has 3 aromatic heterocycles. The van der Waals surface area contributed by atoms with Crippen molar-refractivity contribution >= 4 is 39.9 Å². The smallest absolute Gasteiger partial charge is 0.348 e. The van der Waals surface area contributed by atoms with Crippen LogP contribution in [0.15, 0.2) is 12.3 Å². The average molecular weight is 474 g/mol. The number of nitrogens with one attached hydrogen (secondary N) is 2. The van der Waals surface area contributed by atoms with Crippen LogP contribution in [-0.2, 0) is 7.05 Å². The fourth-order valence-electron chi connectivity index (χ4n) is 3.65. The highest BCUT2D eigenvalue weighted by Crippen LogP contribution is 2.33. The largest absolute Gasteiger partial charge is 0.477 e. The number of hydrogen-bond acceptors (Lipinski definition) is 7. The summed E-state index contributed by atoms with van der Waals surface area (Å²) >= 11 is 7.20. The minimum absolute atomic E-state index is 0.0816. The third-order valence-electron chi connectivity index (χ3n) is 5.32. The summed E-state index contributed by atoms with van der Waals surface area (Å²) in [6.45, 7) is 2.92. The summed E-state index contributed by atoms with van der Waals surface area (Å²) in [4.78, 5) is 34.0. The number of aromatic amines is 1. The first kappa shape index (κ1) is 21.9. The molecule has 0 aromatic carbocycles. The Labute approximate surface area is 192 Å². The van der Waals surface area contributed by atoms with Crippen LogP contribution in [0.25, 0.3) is 11.4 Å². The fraction of sp³-hybridized carbons (Fsp3) is 0.350. The van der Waals surface area contributed by atoms with Gasteiger partial charge >= 0.3 is 5.97 Å². The zero-order chi connectivity index (χ0) is 23.0. The van der Waals surface area contributed by atoms with Gasteiger partial charge in [0.15, 0.2) is 5.13 Å². The fourth-order valence-corrected chi connectivity index (χ4v) is 4.80. The number of piperidine rings is 1. The second-order valence-electron chi connectivity index (χ2n) is 7.51. The molecule has 32 heavy (non-hydrogen) atoms. The molecule has 1 fully saturated rings. The molecular formula is C20H20ClN7O3S. The van der Waals surface area contributed by atoms with E-state index in [-0.39, 0.29) is 33.1 Å². The molecule has 1 amide bonds. The highest BCUT2D eigenvalue weighted by atomic mass is 35.5. The number of amides is 1. The van der Waals surface area contributed by atoms with Gasteiger partial charge in [0, 0.05) is 38.1 Å². The summed E-state index contributed by atoms with van der Waals surface area (Å²) in [7, 11) is 1.76. The number of rotatable bonds is 5. The molecule has 0 atom stereocenters. The van der Waals surface area contributed by atoms with E-state index in [2.05, 4.69) is 20.4 Å². The standard InChI is InChI=1S/C20H20ClN7O3S/c1-10-14(21)12(9-22)15(23-10)18(29)24-11-3-7-28(8-4-11)20-25-16(17(32-20)19(30)31)13-5-6-27(2)26-13/h5-6,11,23H,3-4,7-8H2,1-2H3,(H,24,29)(H,30,31).